The van der Waals surface area contributed by atoms with Gasteiger partial charge < -0.3 is 4.74 Å². The summed E-state index contributed by atoms with van der Waals surface area (Å²) in [5, 5.41) is 0.999. The number of anilines is 1. The van der Waals surface area contributed by atoms with E-state index in [9.17, 15) is 8.42 Å². The molecule has 0 bridgehead atoms. The molecule has 6 heteroatoms. The smallest absolute Gasteiger partial charge is 0.232 e. The van der Waals surface area contributed by atoms with Crippen molar-refractivity contribution in [3.8, 4) is 5.75 Å². The molecule has 1 heterocycles. The normalized spacial score (nSPS) is 11.4. The first-order valence-corrected chi connectivity index (χ1v) is 10.3. The average molecular weight is 370 g/mol. The zero-order valence-electron chi connectivity index (χ0n) is 14.7. The van der Waals surface area contributed by atoms with Gasteiger partial charge in [0.2, 0.25) is 10.0 Å². The number of nitrogens with zero attached hydrogens (tertiary/aromatic N) is 1. The Hall–Kier alpha value is -2.60. The molecule has 0 saturated heterocycles. The van der Waals surface area contributed by atoms with E-state index in [0.717, 1.165) is 22.9 Å². The van der Waals surface area contributed by atoms with Crippen LogP contribution in [-0.2, 0) is 16.6 Å². The molecule has 0 saturated carbocycles. The largest absolute Gasteiger partial charge is 0.487 e. The first-order chi connectivity index (χ1) is 12.6. The Morgan fingerprint density at radius 3 is 2.69 bits per heavy atom. The van der Waals surface area contributed by atoms with Crippen LogP contribution in [0.2, 0.25) is 0 Å². The molecule has 0 spiro atoms. The van der Waals surface area contributed by atoms with Crippen LogP contribution in [0.5, 0.6) is 5.75 Å². The molecule has 0 atom stereocenters. The van der Waals surface area contributed by atoms with Gasteiger partial charge in [-0.2, -0.15) is 0 Å². The summed E-state index contributed by atoms with van der Waals surface area (Å²) in [5.41, 5.74) is 2.12. The molecule has 0 aliphatic carbocycles. The van der Waals surface area contributed by atoms with E-state index in [1.54, 1.807) is 18.3 Å². The van der Waals surface area contributed by atoms with Crippen LogP contribution in [0.4, 0.5) is 5.69 Å². The number of nitrogens with one attached hydrogen (secondary N) is 1. The zero-order valence-corrected chi connectivity index (χ0v) is 15.5. The summed E-state index contributed by atoms with van der Waals surface area (Å²) in [6, 6.07) is 16.9. The fourth-order valence-electron chi connectivity index (χ4n) is 2.65. The average Bonchev–Trinajstić information content (AvgIpc) is 2.65. The Labute approximate surface area is 154 Å². The highest BCUT2D eigenvalue weighted by molar-refractivity contribution is 7.92. The lowest BCUT2D eigenvalue weighted by atomic mass is 10.2. The zero-order chi connectivity index (χ0) is 18.4. The van der Waals surface area contributed by atoms with Gasteiger partial charge >= 0.3 is 0 Å². The molecule has 5 nitrogen and oxygen atoms in total. The van der Waals surface area contributed by atoms with Gasteiger partial charge in [-0.05, 0) is 24.6 Å². The minimum Gasteiger partial charge on any atom is -0.487 e. The topological polar surface area (TPSA) is 68.3 Å². The fraction of sp³-hybridized carbons (Fsp3) is 0.250. The predicted octanol–water partition coefficient (Wildman–Crippen LogP) is 4.36. The number of sulfonamides is 1. The molecule has 2 aromatic carbocycles. The van der Waals surface area contributed by atoms with Crippen molar-refractivity contribution in [2.45, 2.75) is 26.4 Å². The van der Waals surface area contributed by atoms with Crippen molar-refractivity contribution in [2.75, 3.05) is 10.5 Å². The second kappa shape index (κ2) is 8.19. The lowest BCUT2D eigenvalue weighted by molar-refractivity contribution is 0.310. The van der Waals surface area contributed by atoms with Crippen molar-refractivity contribution in [2.24, 2.45) is 0 Å². The number of ether oxygens (including phenoxy) is 1. The minimum atomic E-state index is -3.35. The van der Waals surface area contributed by atoms with Crippen molar-refractivity contribution < 1.29 is 13.2 Å². The summed E-state index contributed by atoms with van der Waals surface area (Å²) >= 11 is 0. The quantitative estimate of drug-likeness (QED) is 0.640. The van der Waals surface area contributed by atoms with E-state index >= 15 is 0 Å². The van der Waals surface area contributed by atoms with Crippen LogP contribution >= 0.6 is 0 Å². The van der Waals surface area contributed by atoms with Gasteiger partial charge in [0.25, 0.3) is 0 Å². The third-order valence-electron chi connectivity index (χ3n) is 4.03. The Morgan fingerprint density at radius 1 is 1.04 bits per heavy atom. The molecule has 136 valence electrons. The van der Waals surface area contributed by atoms with E-state index in [1.165, 1.54) is 0 Å². The lowest BCUT2D eigenvalue weighted by Crippen LogP contribution is -2.18. The third kappa shape index (κ3) is 4.52. The Morgan fingerprint density at radius 2 is 1.85 bits per heavy atom. The first kappa shape index (κ1) is 18.2. The van der Waals surface area contributed by atoms with Gasteiger partial charge in [0, 0.05) is 17.1 Å². The standard InChI is InChI=1S/C20H22N2O3S/c1-2-3-14-26(23,24)22-18-11-5-4-8-17(18)15-25-19-12-6-9-16-10-7-13-21-20(16)19/h4-13,22H,2-3,14-15H2,1H3. The SMILES string of the molecule is CCCCS(=O)(=O)Nc1ccccc1COc1cccc2cccnc12. The molecule has 0 aliphatic rings. The van der Waals surface area contributed by atoms with E-state index in [1.807, 2.05) is 49.4 Å². The van der Waals surface area contributed by atoms with Crippen LogP contribution in [0, 0.1) is 0 Å². The lowest BCUT2D eigenvalue weighted by Gasteiger charge is -2.14. The summed E-state index contributed by atoms with van der Waals surface area (Å²) in [6.07, 6.45) is 3.19. The van der Waals surface area contributed by atoms with Crippen LogP contribution < -0.4 is 9.46 Å². The van der Waals surface area contributed by atoms with E-state index in [2.05, 4.69) is 9.71 Å². The highest BCUT2D eigenvalue weighted by Gasteiger charge is 2.13. The molecule has 3 rings (SSSR count). The fourth-order valence-corrected chi connectivity index (χ4v) is 3.95. The number of pyridine rings is 1. The summed E-state index contributed by atoms with van der Waals surface area (Å²) in [6.45, 7) is 2.22. The Bertz CT molecular complexity index is 982. The molecule has 0 radical (unpaired) electrons. The van der Waals surface area contributed by atoms with Gasteiger partial charge in [-0.3, -0.25) is 9.71 Å². The maximum absolute atomic E-state index is 12.2. The van der Waals surface area contributed by atoms with E-state index in [4.69, 9.17) is 4.74 Å². The Kier molecular flexibility index (Phi) is 5.73. The number of hydrogen-bond acceptors (Lipinski definition) is 4. The number of para-hydroxylation sites is 2. The monoisotopic (exact) mass is 370 g/mol. The van der Waals surface area contributed by atoms with Crippen molar-refractivity contribution in [1.82, 2.24) is 4.98 Å². The van der Waals surface area contributed by atoms with Gasteiger partial charge in [-0.25, -0.2) is 8.42 Å². The molecule has 26 heavy (non-hydrogen) atoms. The van der Waals surface area contributed by atoms with Crippen LogP contribution in [0.15, 0.2) is 60.8 Å². The summed E-state index contributed by atoms with van der Waals surface area (Å²) in [5.74, 6) is 0.790. The van der Waals surface area contributed by atoms with Crippen LogP contribution in [0.25, 0.3) is 10.9 Å². The number of rotatable bonds is 8. The molecule has 1 N–H and O–H groups in total. The number of hydrogen-bond donors (Lipinski definition) is 1. The highest BCUT2D eigenvalue weighted by Crippen LogP contribution is 2.25. The molecule has 0 amide bonds. The van der Waals surface area contributed by atoms with Crippen molar-refractivity contribution in [3.05, 3.63) is 66.4 Å². The molecule has 1 aromatic heterocycles. The van der Waals surface area contributed by atoms with Gasteiger partial charge in [0.15, 0.2) is 0 Å². The predicted molar refractivity (Wildman–Crippen MR) is 105 cm³/mol. The first-order valence-electron chi connectivity index (χ1n) is 8.64. The molecule has 3 aromatic rings. The van der Waals surface area contributed by atoms with Gasteiger partial charge in [0.1, 0.15) is 17.9 Å². The summed E-state index contributed by atoms with van der Waals surface area (Å²) in [7, 11) is -3.35. The van der Waals surface area contributed by atoms with E-state index < -0.39 is 10.0 Å². The van der Waals surface area contributed by atoms with E-state index in [-0.39, 0.29) is 12.4 Å². The molecule has 0 fully saturated rings. The number of fused-ring (bicyclic) bond motifs is 1. The molecule has 0 unspecified atom stereocenters. The molecule has 0 aliphatic heterocycles. The van der Waals surface area contributed by atoms with E-state index in [0.29, 0.717) is 17.9 Å². The van der Waals surface area contributed by atoms with Gasteiger partial charge in [-0.1, -0.05) is 49.7 Å². The van der Waals surface area contributed by atoms with Crippen molar-refractivity contribution >= 4 is 26.6 Å². The number of benzene rings is 2. The minimum absolute atomic E-state index is 0.117. The summed E-state index contributed by atoms with van der Waals surface area (Å²) in [4.78, 5) is 4.37. The van der Waals surface area contributed by atoms with Crippen molar-refractivity contribution in [1.29, 1.82) is 0 Å². The number of unbranched alkanes of at least 4 members (excludes halogenated alkanes) is 1. The Balaban J connectivity index is 1.78. The third-order valence-corrected chi connectivity index (χ3v) is 5.39. The summed E-state index contributed by atoms with van der Waals surface area (Å²) < 4.78 is 33.0. The van der Waals surface area contributed by atoms with Crippen LogP contribution in [0.3, 0.4) is 0 Å². The highest BCUT2D eigenvalue weighted by atomic mass is 32.2. The second-order valence-corrected chi connectivity index (χ2v) is 7.89. The number of aromatic nitrogens is 1. The maximum atomic E-state index is 12.2. The maximum Gasteiger partial charge on any atom is 0.232 e. The second-order valence-electron chi connectivity index (χ2n) is 6.05. The molecular weight excluding hydrogens is 348 g/mol. The van der Waals surface area contributed by atoms with Crippen LogP contribution in [0.1, 0.15) is 25.3 Å². The van der Waals surface area contributed by atoms with Gasteiger partial charge in [0.05, 0.1) is 11.4 Å². The van der Waals surface area contributed by atoms with Crippen molar-refractivity contribution in [3.63, 3.8) is 0 Å². The molecular formula is C20H22N2O3S. The van der Waals surface area contributed by atoms with Crippen LogP contribution in [-0.4, -0.2) is 19.2 Å². The van der Waals surface area contributed by atoms with Gasteiger partial charge in [-0.15, -0.1) is 0 Å².